The summed E-state index contributed by atoms with van der Waals surface area (Å²) in [4.78, 5) is 8.48. The molecule has 12 heavy (non-hydrogen) atoms. The Morgan fingerprint density at radius 2 is 2.17 bits per heavy atom. The van der Waals surface area contributed by atoms with Crippen molar-refractivity contribution in [3.05, 3.63) is 28.4 Å². The SMILES string of the molecule is Cc1cn2c(C)cnc(Br)c2n1. The van der Waals surface area contributed by atoms with Crippen molar-refractivity contribution in [3.63, 3.8) is 0 Å². The van der Waals surface area contributed by atoms with Crippen LogP contribution in [0, 0.1) is 13.8 Å². The first-order chi connectivity index (χ1) is 5.68. The highest BCUT2D eigenvalue weighted by molar-refractivity contribution is 9.10. The van der Waals surface area contributed by atoms with E-state index in [1.54, 1.807) is 0 Å². The summed E-state index contributed by atoms with van der Waals surface area (Å²) in [6, 6.07) is 0. The molecule has 0 N–H and O–H groups in total. The fourth-order valence-corrected chi connectivity index (χ4v) is 1.56. The molecule has 2 aromatic rings. The van der Waals surface area contributed by atoms with E-state index in [4.69, 9.17) is 0 Å². The van der Waals surface area contributed by atoms with E-state index in [1.807, 2.05) is 30.6 Å². The molecule has 3 nitrogen and oxygen atoms in total. The Labute approximate surface area is 78.6 Å². The van der Waals surface area contributed by atoms with Crippen molar-refractivity contribution < 1.29 is 0 Å². The zero-order valence-electron chi connectivity index (χ0n) is 6.87. The topological polar surface area (TPSA) is 30.2 Å². The van der Waals surface area contributed by atoms with Crippen LogP contribution >= 0.6 is 15.9 Å². The van der Waals surface area contributed by atoms with Crippen molar-refractivity contribution in [1.29, 1.82) is 0 Å². The van der Waals surface area contributed by atoms with Crippen LogP contribution in [0.3, 0.4) is 0 Å². The number of hydrogen-bond acceptors (Lipinski definition) is 2. The van der Waals surface area contributed by atoms with Gasteiger partial charge in [0.1, 0.15) is 4.60 Å². The lowest BCUT2D eigenvalue weighted by atomic mass is 10.5. The van der Waals surface area contributed by atoms with E-state index in [1.165, 1.54) is 0 Å². The monoisotopic (exact) mass is 225 g/mol. The van der Waals surface area contributed by atoms with Gasteiger partial charge in [0.25, 0.3) is 0 Å². The summed E-state index contributed by atoms with van der Waals surface area (Å²) in [5, 5.41) is 0. The summed E-state index contributed by atoms with van der Waals surface area (Å²) in [6.07, 6.45) is 3.81. The second kappa shape index (κ2) is 2.55. The molecule has 4 heteroatoms. The normalized spacial score (nSPS) is 10.9. The molecule has 0 aliphatic rings. The minimum Gasteiger partial charge on any atom is -0.300 e. The lowest BCUT2D eigenvalue weighted by Gasteiger charge is -1.98. The second-order valence-electron chi connectivity index (χ2n) is 2.77. The molecule has 0 saturated carbocycles. The number of imidazole rings is 1. The van der Waals surface area contributed by atoms with Crippen LogP contribution in [0.25, 0.3) is 5.65 Å². The first-order valence-corrected chi connectivity index (χ1v) is 4.44. The molecule has 0 bridgehead atoms. The van der Waals surface area contributed by atoms with Crippen molar-refractivity contribution in [1.82, 2.24) is 14.4 Å². The maximum absolute atomic E-state index is 4.33. The number of hydrogen-bond donors (Lipinski definition) is 0. The molecule has 0 aromatic carbocycles. The first kappa shape index (κ1) is 7.73. The number of halogens is 1. The Balaban J connectivity index is 2.93. The van der Waals surface area contributed by atoms with E-state index in [2.05, 4.69) is 25.9 Å². The summed E-state index contributed by atoms with van der Waals surface area (Å²) in [5.41, 5.74) is 2.98. The molecule has 0 atom stereocenters. The van der Waals surface area contributed by atoms with Crippen molar-refractivity contribution in [2.75, 3.05) is 0 Å². The molecular formula is C8H8BrN3. The molecule has 0 spiro atoms. The van der Waals surface area contributed by atoms with Gasteiger partial charge >= 0.3 is 0 Å². The van der Waals surface area contributed by atoms with Gasteiger partial charge in [-0.15, -0.1) is 0 Å². The predicted octanol–water partition coefficient (Wildman–Crippen LogP) is 2.11. The van der Waals surface area contributed by atoms with Crippen LogP contribution in [0.4, 0.5) is 0 Å². The molecule has 0 aliphatic heterocycles. The standard InChI is InChI=1S/C8H8BrN3/c1-5-4-12-6(2)3-10-7(9)8(12)11-5/h3-4H,1-2H3. The molecular weight excluding hydrogens is 218 g/mol. The van der Waals surface area contributed by atoms with Gasteiger partial charge < -0.3 is 4.40 Å². The van der Waals surface area contributed by atoms with Crippen LogP contribution in [0.5, 0.6) is 0 Å². The molecule has 0 radical (unpaired) electrons. The van der Waals surface area contributed by atoms with Gasteiger partial charge in [-0.2, -0.15) is 0 Å². The summed E-state index contributed by atoms with van der Waals surface area (Å²) in [7, 11) is 0. The van der Waals surface area contributed by atoms with Crippen LogP contribution in [0.15, 0.2) is 17.0 Å². The number of aryl methyl sites for hydroxylation is 2. The van der Waals surface area contributed by atoms with Crippen molar-refractivity contribution >= 4 is 21.6 Å². The molecule has 62 valence electrons. The molecule has 2 rings (SSSR count). The fourth-order valence-electron chi connectivity index (χ4n) is 1.18. The number of nitrogens with zero attached hydrogens (tertiary/aromatic N) is 3. The molecule has 2 aromatic heterocycles. The molecule has 0 saturated heterocycles. The van der Waals surface area contributed by atoms with Crippen molar-refractivity contribution in [2.24, 2.45) is 0 Å². The highest BCUT2D eigenvalue weighted by atomic mass is 79.9. The smallest absolute Gasteiger partial charge is 0.170 e. The summed E-state index contributed by atoms with van der Waals surface area (Å²) in [5.74, 6) is 0. The van der Waals surface area contributed by atoms with Crippen LogP contribution in [0.1, 0.15) is 11.4 Å². The molecule has 0 aliphatic carbocycles. The van der Waals surface area contributed by atoms with Gasteiger partial charge in [0.05, 0.1) is 5.69 Å². The van der Waals surface area contributed by atoms with Gasteiger partial charge in [-0.25, -0.2) is 9.97 Å². The zero-order valence-corrected chi connectivity index (χ0v) is 8.46. The third kappa shape index (κ3) is 1.03. The fraction of sp³-hybridized carbons (Fsp3) is 0.250. The third-order valence-corrected chi connectivity index (χ3v) is 2.31. The Morgan fingerprint density at radius 1 is 1.42 bits per heavy atom. The van der Waals surface area contributed by atoms with Gasteiger partial charge in [-0.05, 0) is 29.8 Å². The molecule has 0 amide bonds. The van der Waals surface area contributed by atoms with Gasteiger partial charge in [-0.1, -0.05) is 0 Å². The largest absolute Gasteiger partial charge is 0.300 e. The van der Waals surface area contributed by atoms with Crippen LogP contribution in [-0.2, 0) is 0 Å². The van der Waals surface area contributed by atoms with Crippen LogP contribution in [-0.4, -0.2) is 14.4 Å². The summed E-state index contributed by atoms with van der Waals surface area (Å²) < 4.78 is 2.81. The molecule has 0 unspecified atom stereocenters. The van der Waals surface area contributed by atoms with Gasteiger partial charge in [0.2, 0.25) is 0 Å². The Morgan fingerprint density at radius 3 is 2.83 bits per heavy atom. The van der Waals surface area contributed by atoms with E-state index < -0.39 is 0 Å². The van der Waals surface area contributed by atoms with E-state index in [-0.39, 0.29) is 0 Å². The van der Waals surface area contributed by atoms with E-state index in [9.17, 15) is 0 Å². The van der Waals surface area contributed by atoms with Crippen molar-refractivity contribution in [3.8, 4) is 0 Å². The minimum absolute atomic E-state index is 0.793. The number of aromatic nitrogens is 3. The predicted molar refractivity (Wildman–Crippen MR) is 50.2 cm³/mol. The molecule has 2 heterocycles. The second-order valence-corrected chi connectivity index (χ2v) is 3.52. The summed E-state index contributed by atoms with van der Waals surface area (Å²) >= 11 is 3.35. The van der Waals surface area contributed by atoms with Gasteiger partial charge in [-0.3, -0.25) is 0 Å². The lowest BCUT2D eigenvalue weighted by Crippen LogP contribution is -1.92. The average molecular weight is 226 g/mol. The first-order valence-electron chi connectivity index (χ1n) is 3.65. The highest BCUT2D eigenvalue weighted by Gasteiger charge is 2.04. The lowest BCUT2D eigenvalue weighted by molar-refractivity contribution is 1.03. The maximum Gasteiger partial charge on any atom is 0.170 e. The maximum atomic E-state index is 4.33. The van der Waals surface area contributed by atoms with Gasteiger partial charge in [0, 0.05) is 18.1 Å². The summed E-state index contributed by atoms with van der Waals surface area (Å²) in [6.45, 7) is 3.98. The number of fused-ring (bicyclic) bond motifs is 1. The van der Waals surface area contributed by atoms with E-state index in [0.29, 0.717) is 0 Å². The third-order valence-electron chi connectivity index (χ3n) is 1.76. The molecule has 0 fully saturated rings. The Hall–Kier alpha value is -0.900. The average Bonchev–Trinajstić information content (AvgIpc) is 2.41. The quantitative estimate of drug-likeness (QED) is 0.688. The van der Waals surface area contributed by atoms with Crippen molar-refractivity contribution in [2.45, 2.75) is 13.8 Å². The highest BCUT2D eigenvalue weighted by Crippen LogP contribution is 2.15. The van der Waals surface area contributed by atoms with E-state index >= 15 is 0 Å². The zero-order chi connectivity index (χ0) is 8.72. The van der Waals surface area contributed by atoms with Crippen LogP contribution in [0.2, 0.25) is 0 Å². The minimum atomic E-state index is 0.793. The number of rotatable bonds is 0. The Kier molecular flexibility index (Phi) is 1.65. The van der Waals surface area contributed by atoms with E-state index in [0.717, 1.165) is 21.6 Å². The Bertz CT molecular complexity index is 394. The van der Waals surface area contributed by atoms with Crippen LogP contribution < -0.4 is 0 Å². The van der Waals surface area contributed by atoms with Gasteiger partial charge in [0.15, 0.2) is 5.65 Å².